The molecule has 1 saturated carbocycles. The van der Waals surface area contributed by atoms with E-state index in [-0.39, 0.29) is 37.2 Å². The van der Waals surface area contributed by atoms with Crippen LogP contribution in [0.1, 0.15) is 43.0 Å². The number of benzene rings is 1. The zero-order chi connectivity index (χ0) is 17.9. The number of hydrogen-bond donors (Lipinski definition) is 4. The molecule has 25 heavy (non-hydrogen) atoms. The summed E-state index contributed by atoms with van der Waals surface area (Å²) in [6.07, 6.45) is 1.54. The third kappa shape index (κ3) is 3.92. The maximum atomic E-state index is 13.7. The quantitative estimate of drug-likeness (QED) is 0.490. The van der Waals surface area contributed by atoms with E-state index in [1.807, 2.05) is 30.3 Å². The lowest BCUT2D eigenvalue weighted by atomic mass is 9.75. The molecule has 1 atom stereocenters. The van der Waals surface area contributed by atoms with Gasteiger partial charge < -0.3 is 15.6 Å². The van der Waals surface area contributed by atoms with Crippen molar-refractivity contribution in [3.8, 4) is 0 Å². The third-order valence-corrected chi connectivity index (χ3v) is 4.62. The minimum Gasteiger partial charge on any atom is -0.372 e. The van der Waals surface area contributed by atoms with Gasteiger partial charge in [0.15, 0.2) is 6.23 Å². The Kier molecular flexibility index (Phi) is 4.94. The summed E-state index contributed by atoms with van der Waals surface area (Å²) in [5.41, 5.74) is 2.23. The fourth-order valence-electron chi connectivity index (χ4n) is 3.12. The molecule has 0 amide bonds. The molecule has 1 fully saturated rings. The molecule has 0 saturated heterocycles. The van der Waals surface area contributed by atoms with Crippen molar-refractivity contribution in [1.29, 1.82) is 0 Å². The Morgan fingerprint density at radius 2 is 1.60 bits per heavy atom. The number of halogens is 2. The van der Waals surface area contributed by atoms with E-state index in [1.54, 1.807) is 5.48 Å². The first-order valence-corrected chi connectivity index (χ1v) is 8.05. The summed E-state index contributed by atoms with van der Waals surface area (Å²) < 4.78 is 27.3. The van der Waals surface area contributed by atoms with Crippen LogP contribution in [0.3, 0.4) is 0 Å². The Hall–Kier alpha value is -2.16. The summed E-state index contributed by atoms with van der Waals surface area (Å²) in [5.74, 6) is -2.37. The lowest BCUT2D eigenvalue weighted by molar-refractivity contribution is -0.0486. The highest BCUT2D eigenvalue weighted by atomic mass is 19.3. The molecule has 0 aliphatic heterocycles. The van der Waals surface area contributed by atoms with Crippen LogP contribution in [0.15, 0.2) is 42.7 Å². The van der Waals surface area contributed by atoms with Gasteiger partial charge in [-0.3, -0.25) is 0 Å². The molecule has 0 radical (unpaired) electrons. The van der Waals surface area contributed by atoms with Gasteiger partial charge in [0.25, 0.3) is 0 Å². The van der Waals surface area contributed by atoms with E-state index in [1.165, 1.54) is 12.4 Å². The summed E-state index contributed by atoms with van der Waals surface area (Å²) in [6, 6.07) is 9.44. The summed E-state index contributed by atoms with van der Waals surface area (Å²) in [7, 11) is 0. The average molecular weight is 350 g/mol. The molecule has 1 heterocycles. The predicted octanol–water partition coefficient (Wildman–Crippen LogP) is 2.96. The second kappa shape index (κ2) is 6.99. The van der Waals surface area contributed by atoms with Crippen LogP contribution in [0.25, 0.3) is 0 Å². The van der Waals surface area contributed by atoms with Crippen LogP contribution in [-0.4, -0.2) is 26.2 Å². The van der Waals surface area contributed by atoms with E-state index in [4.69, 9.17) is 5.21 Å². The van der Waals surface area contributed by atoms with Crippen molar-refractivity contribution in [2.45, 2.75) is 43.4 Å². The fraction of sp³-hybridized carbons (Fsp3) is 0.412. The number of nitrogens with zero attached hydrogens (tertiary/aromatic N) is 2. The molecule has 2 aromatic rings. The highest BCUT2D eigenvalue weighted by Gasteiger charge is 2.44. The molecule has 1 aliphatic carbocycles. The smallest absolute Gasteiger partial charge is 0.248 e. The average Bonchev–Trinajstić information content (AvgIpc) is 2.64. The first-order valence-electron chi connectivity index (χ1n) is 8.05. The molecule has 134 valence electrons. The Morgan fingerprint density at radius 1 is 1.00 bits per heavy atom. The molecule has 8 heteroatoms. The van der Waals surface area contributed by atoms with Gasteiger partial charge in [-0.15, -0.1) is 0 Å². The number of hydroxylamine groups is 1. The van der Waals surface area contributed by atoms with Crippen molar-refractivity contribution in [3.05, 3.63) is 53.9 Å². The van der Waals surface area contributed by atoms with Gasteiger partial charge in [-0.2, -0.15) is 5.48 Å². The zero-order valence-corrected chi connectivity index (χ0v) is 13.5. The van der Waals surface area contributed by atoms with Crippen molar-refractivity contribution in [1.82, 2.24) is 15.4 Å². The van der Waals surface area contributed by atoms with Crippen LogP contribution >= 0.6 is 0 Å². The topological polar surface area (TPSA) is 90.3 Å². The molecule has 6 nitrogen and oxygen atoms in total. The summed E-state index contributed by atoms with van der Waals surface area (Å²) in [5, 5.41) is 21.4. The third-order valence-electron chi connectivity index (χ3n) is 4.62. The Morgan fingerprint density at radius 3 is 2.16 bits per heavy atom. The van der Waals surface area contributed by atoms with Gasteiger partial charge in [0, 0.05) is 30.8 Å². The molecule has 3 rings (SSSR count). The van der Waals surface area contributed by atoms with Crippen molar-refractivity contribution < 1.29 is 19.1 Å². The molecule has 1 aromatic carbocycles. The van der Waals surface area contributed by atoms with Gasteiger partial charge in [-0.1, -0.05) is 30.3 Å². The van der Waals surface area contributed by atoms with E-state index in [0.717, 1.165) is 5.56 Å². The molecule has 0 spiro atoms. The van der Waals surface area contributed by atoms with Gasteiger partial charge >= 0.3 is 0 Å². The minimum absolute atomic E-state index is 0.208. The van der Waals surface area contributed by atoms with Crippen molar-refractivity contribution in [3.63, 3.8) is 0 Å². The Bertz CT molecular complexity index is 688. The highest BCUT2D eigenvalue weighted by molar-refractivity contribution is 5.38. The van der Waals surface area contributed by atoms with Crippen LogP contribution in [-0.2, 0) is 5.54 Å². The number of aliphatic hydroxyl groups excluding tert-OH is 1. The van der Waals surface area contributed by atoms with Crippen molar-refractivity contribution in [2.75, 3.05) is 5.32 Å². The second-order valence-corrected chi connectivity index (χ2v) is 6.30. The Balaban J connectivity index is 1.86. The van der Waals surface area contributed by atoms with E-state index >= 15 is 0 Å². The van der Waals surface area contributed by atoms with E-state index < -0.39 is 17.7 Å². The normalized spacial score (nSPS) is 20.0. The predicted molar refractivity (Wildman–Crippen MR) is 87.1 cm³/mol. The SMILES string of the molecule is ONC(O)c1cnc(NC2(c3ccccc3)CCC(F)(F)CC2)nc1. The minimum atomic E-state index is -2.65. The van der Waals surface area contributed by atoms with Crippen LogP contribution in [0, 0.1) is 0 Å². The number of alkyl halides is 2. The van der Waals surface area contributed by atoms with Crippen LogP contribution in [0.5, 0.6) is 0 Å². The number of nitrogens with one attached hydrogen (secondary N) is 2. The van der Waals surface area contributed by atoms with Gasteiger partial charge in [-0.05, 0) is 18.4 Å². The molecule has 0 bridgehead atoms. The molecule has 1 aromatic heterocycles. The molecule has 1 unspecified atom stereocenters. The zero-order valence-electron chi connectivity index (χ0n) is 13.5. The summed E-state index contributed by atoms with van der Waals surface area (Å²) in [4.78, 5) is 8.26. The number of anilines is 1. The molecular formula is C17H20F2N4O2. The lowest BCUT2D eigenvalue weighted by Gasteiger charge is -2.41. The molecule has 1 aliphatic rings. The van der Waals surface area contributed by atoms with Gasteiger partial charge in [0.05, 0.1) is 5.54 Å². The Labute approximate surface area is 143 Å². The number of hydrogen-bond acceptors (Lipinski definition) is 6. The first-order chi connectivity index (χ1) is 11.9. The van der Waals surface area contributed by atoms with Crippen molar-refractivity contribution >= 4 is 5.95 Å². The van der Waals surface area contributed by atoms with Crippen molar-refractivity contribution in [2.24, 2.45) is 0 Å². The monoisotopic (exact) mass is 350 g/mol. The molecule has 4 N–H and O–H groups in total. The standard InChI is InChI=1S/C17H20F2N4O2/c18-17(19)8-6-16(7-9-17,13-4-2-1-3-5-13)22-15-20-10-12(11-21-15)14(24)23-25/h1-5,10-11,14,23-25H,6-9H2,(H,20,21,22). The lowest BCUT2D eigenvalue weighted by Crippen LogP contribution is -2.43. The summed E-state index contributed by atoms with van der Waals surface area (Å²) >= 11 is 0. The van der Waals surface area contributed by atoms with Crippen LogP contribution in [0.4, 0.5) is 14.7 Å². The number of aromatic nitrogens is 2. The fourth-order valence-corrected chi connectivity index (χ4v) is 3.12. The van der Waals surface area contributed by atoms with Gasteiger partial charge in [0.1, 0.15) is 0 Å². The first kappa shape index (κ1) is 17.7. The van der Waals surface area contributed by atoms with Gasteiger partial charge in [0.2, 0.25) is 11.9 Å². The summed E-state index contributed by atoms with van der Waals surface area (Å²) in [6.45, 7) is 0. The number of aliphatic hydroxyl groups is 1. The van der Waals surface area contributed by atoms with Crippen LogP contribution in [0.2, 0.25) is 0 Å². The van der Waals surface area contributed by atoms with E-state index in [9.17, 15) is 13.9 Å². The largest absolute Gasteiger partial charge is 0.372 e. The maximum Gasteiger partial charge on any atom is 0.248 e. The van der Waals surface area contributed by atoms with Gasteiger partial charge in [-0.25, -0.2) is 18.7 Å². The number of rotatable bonds is 5. The van der Waals surface area contributed by atoms with E-state index in [0.29, 0.717) is 0 Å². The second-order valence-electron chi connectivity index (χ2n) is 6.30. The van der Waals surface area contributed by atoms with E-state index in [2.05, 4.69) is 15.3 Å². The highest BCUT2D eigenvalue weighted by Crippen LogP contribution is 2.45. The van der Waals surface area contributed by atoms with Crippen LogP contribution < -0.4 is 10.8 Å². The maximum absolute atomic E-state index is 13.7. The molecular weight excluding hydrogens is 330 g/mol.